The van der Waals surface area contributed by atoms with E-state index in [1.165, 1.54) is 55.5 Å². The number of halogens is 4. The monoisotopic (exact) mass is 412 g/mol. The van der Waals surface area contributed by atoms with Crippen LogP contribution in [0.4, 0.5) is 30.4 Å². The molecule has 3 aromatic rings. The number of anilines is 2. The van der Waals surface area contributed by atoms with Gasteiger partial charge in [-0.3, -0.25) is 10.1 Å². The molecule has 0 fully saturated rings. The predicted molar refractivity (Wildman–Crippen MR) is 97.3 cm³/mol. The Bertz CT molecular complexity index is 1080. The Hall–Kier alpha value is -3.14. The number of alkyl halides is 3. The average molecular weight is 413 g/mol. The SMILES string of the molecule is COc1ccc(N(C)c2nc(C(F)(F)F)nc3ccc(Cl)cc23)cc1[N+](=O)[O-]. The number of nitrogens with zero attached hydrogens (tertiary/aromatic N) is 4. The highest BCUT2D eigenvalue weighted by molar-refractivity contribution is 6.31. The Labute approximate surface area is 161 Å². The molecule has 146 valence electrons. The maximum absolute atomic E-state index is 13.2. The van der Waals surface area contributed by atoms with Crippen molar-refractivity contribution in [2.45, 2.75) is 6.18 Å². The minimum absolute atomic E-state index is 0.0220. The highest BCUT2D eigenvalue weighted by Crippen LogP contribution is 2.37. The second-order valence-corrected chi connectivity index (χ2v) is 6.14. The third-order valence-electron chi connectivity index (χ3n) is 3.96. The van der Waals surface area contributed by atoms with Crippen LogP contribution >= 0.6 is 11.6 Å². The Morgan fingerprint density at radius 2 is 1.89 bits per heavy atom. The van der Waals surface area contributed by atoms with Crippen molar-refractivity contribution in [3.63, 3.8) is 0 Å². The van der Waals surface area contributed by atoms with E-state index in [1.54, 1.807) is 0 Å². The number of nitro groups is 1. The van der Waals surface area contributed by atoms with Gasteiger partial charge in [-0.15, -0.1) is 0 Å². The molecule has 0 aliphatic heterocycles. The molecule has 0 saturated carbocycles. The van der Waals surface area contributed by atoms with Crippen LogP contribution in [0, 0.1) is 10.1 Å². The molecule has 7 nitrogen and oxygen atoms in total. The molecule has 0 spiro atoms. The van der Waals surface area contributed by atoms with Crippen LogP contribution in [-0.2, 0) is 6.18 Å². The van der Waals surface area contributed by atoms with E-state index in [9.17, 15) is 23.3 Å². The van der Waals surface area contributed by atoms with Crippen molar-refractivity contribution < 1.29 is 22.8 Å². The quantitative estimate of drug-likeness (QED) is 0.443. The van der Waals surface area contributed by atoms with E-state index in [1.807, 2.05) is 0 Å². The molecule has 0 N–H and O–H groups in total. The number of nitro benzene ring substituents is 1. The fourth-order valence-corrected chi connectivity index (χ4v) is 2.79. The van der Waals surface area contributed by atoms with Crippen LogP contribution in [0.2, 0.25) is 5.02 Å². The molecular weight excluding hydrogens is 401 g/mol. The van der Waals surface area contributed by atoms with E-state index in [-0.39, 0.29) is 38.9 Å². The first-order valence-electron chi connectivity index (χ1n) is 7.72. The van der Waals surface area contributed by atoms with Gasteiger partial charge in [0.1, 0.15) is 5.82 Å². The van der Waals surface area contributed by atoms with Crippen molar-refractivity contribution in [1.82, 2.24) is 9.97 Å². The summed E-state index contributed by atoms with van der Waals surface area (Å²) in [4.78, 5) is 19.1. The summed E-state index contributed by atoms with van der Waals surface area (Å²) in [5, 5.41) is 11.8. The summed E-state index contributed by atoms with van der Waals surface area (Å²) in [5.74, 6) is -1.40. The standard InChI is InChI=1S/C17H12ClF3N4O3/c1-24(10-4-6-14(28-2)13(8-10)25(26)27)15-11-7-9(18)3-5-12(11)22-16(23-15)17(19,20)21/h3-8H,1-2H3. The summed E-state index contributed by atoms with van der Waals surface area (Å²) in [6.45, 7) is 0. The fourth-order valence-electron chi connectivity index (χ4n) is 2.62. The Kier molecular flexibility index (Phi) is 4.99. The zero-order valence-corrected chi connectivity index (χ0v) is 15.2. The lowest BCUT2D eigenvalue weighted by Crippen LogP contribution is -2.17. The van der Waals surface area contributed by atoms with E-state index >= 15 is 0 Å². The molecule has 11 heteroatoms. The topological polar surface area (TPSA) is 81.4 Å². The summed E-state index contributed by atoms with van der Waals surface area (Å²) in [5.41, 5.74) is -0.0588. The zero-order chi connectivity index (χ0) is 20.6. The van der Waals surface area contributed by atoms with Crippen LogP contribution in [0.3, 0.4) is 0 Å². The molecule has 0 saturated heterocycles. The first-order valence-corrected chi connectivity index (χ1v) is 8.10. The van der Waals surface area contributed by atoms with Gasteiger partial charge >= 0.3 is 11.9 Å². The van der Waals surface area contributed by atoms with Crippen molar-refractivity contribution >= 4 is 39.7 Å². The summed E-state index contributed by atoms with van der Waals surface area (Å²) in [7, 11) is 2.72. The highest BCUT2D eigenvalue weighted by Gasteiger charge is 2.36. The van der Waals surface area contributed by atoms with Gasteiger partial charge in [0.25, 0.3) is 0 Å². The molecule has 0 atom stereocenters. The van der Waals surface area contributed by atoms with Gasteiger partial charge in [-0.2, -0.15) is 13.2 Å². The minimum atomic E-state index is -4.77. The molecule has 0 aliphatic carbocycles. The van der Waals surface area contributed by atoms with Gasteiger partial charge in [-0.05, 0) is 30.3 Å². The van der Waals surface area contributed by atoms with Crippen LogP contribution < -0.4 is 9.64 Å². The Morgan fingerprint density at radius 1 is 1.18 bits per heavy atom. The number of methoxy groups -OCH3 is 1. The van der Waals surface area contributed by atoms with Crippen LogP contribution in [0.5, 0.6) is 5.75 Å². The van der Waals surface area contributed by atoms with Gasteiger partial charge in [0.2, 0.25) is 5.82 Å². The van der Waals surface area contributed by atoms with Gasteiger partial charge in [-0.1, -0.05) is 11.6 Å². The largest absolute Gasteiger partial charge is 0.490 e. The number of hydrogen-bond acceptors (Lipinski definition) is 6. The summed E-state index contributed by atoms with van der Waals surface area (Å²) >= 11 is 5.98. The molecule has 1 heterocycles. The predicted octanol–water partition coefficient (Wildman–Crippen LogP) is 4.99. The van der Waals surface area contributed by atoms with Gasteiger partial charge in [0.15, 0.2) is 5.75 Å². The average Bonchev–Trinajstić information content (AvgIpc) is 2.65. The summed E-state index contributed by atoms with van der Waals surface area (Å²) < 4.78 is 44.6. The number of hydrogen-bond donors (Lipinski definition) is 0. The third kappa shape index (κ3) is 3.63. The van der Waals surface area contributed by atoms with Gasteiger partial charge in [0.05, 0.1) is 17.5 Å². The number of benzene rings is 2. The molecular formula is C17H12ClF3N4O3. The molecule has 0 amide bonds. The van der Waals surface area contributed by atoms with Gasteiger partial charge < -0.3 is 9.64 Å². The number of aromatic nitrogens is 2. The van der Waals surface area contributed by atoms with Crippen molar-refractivity contribution in [1.29, 1.82) is 0 Å². The highest BCUT2D eigenvalue weighted by atomic mass is 35.5. The van der Waals surface area contributed by atoms with Crippen LogP contribution in [-0.4, -0.2) is 29.0 Å². The first kappa shape index (κ1) is 19.6. The van der Waals surface area contributed by atoms with Crippen molar-refractivity contribution in [3.05, 3.63) is 57.4 Å². The zero-order valence-electron chi connectivity index (χ0n) is 14.5. The lowest BCUT2D eigenvalue weighted by Gasteiger charge is -2.21. The maximum Gasteiger partial charge on any atom is 0.451 e. The molecule has 3 rings (SSSR count). The van der Waals surface area contributed by atoms with E-state index in [0.717, 1.165) is 0 Å². The minimum Gasteiger partial charge on any atom is -0.490 e. The second-order valence-electron chi connectivity index (χ2n) is 5.70. The van der Waals surface area contributed by atoms with Gasteiger partial charge in [-0.25, -0.2) is 9.97 Å². The molecule has 0 radical (unpaired) electrons. The third-order valence-corrected chi connectivity index (χ3v) is 4.19. The van der Waals surface area contributed by atoms with Crippen molar-refractivity contribution in [3.8, 4) is 5.75 Å². The molecule has 0 aliphatic rings. The lowest BCUT2D eigenvalue weighted by molar-refractivity contribution is -0.385. The summed E-state index contributed by atoms with van der Waals surface area (Å²) in [6.07, 6.45) is -4.77. The van der Waals surface area contributed by atoms with Crippen LogP contribution in [0.25, 0.3) is 10.9 Å². The van der Waals surface area contributed by atoms with Gasteiger partial charge in [0, 0.05) is 29.2 Å². The smallest absolute Gasteiger partial charge is 0.451 e. The number of rotatable bonds is 4. The fraction of sp³-hybridized carbons (Fsp3) is 0.176. The molecule has 28 heavy (non-hydrogen) atoms. The number of fused-ring (bicyclic) bond motifs is 1. The maximum atomic E-state index is 13.2. The molecule has 2 aromatic carbocycles. The molecule has 0 bridgehead atoms. The van der Waals surface area contributed by atoms with Crippen LogP contribution in [0.15, 0.2) is 36.4 Å². The van der Waals surface area contributed by atoms with E-state index in [4.69, 9.17) is 16.3 Å². The molecule has 1 aromatic heterocycles. The van der Waals surface area contributed by atoms with E-state index in [2.05, 4.69) is 9.97 Å². The Morgan fingerprint density at radius 3 is 2.50 bits per heavy atom. The lowest BCUT2D eigenvalue weighted by atomic mass is 10.2. The molecule has 0 unspecified atom stereocenters. The normalized spacial score (nSPS) is 11.5. The number of ether oxygens (including phenoxy) is 1. The second kappa shape index (κ2) is 7.12. The van der Waals surface area contributed by atoms with E-state index < -0.39 is 16.9 Å². The summed E-state index contributed by atoms with van der Waals surface area (Å²) in [6, 6.07) is 8.20. The van der Waals surface area contributed by atoms with Crippen LogP contribution in [0.1, 0.15) is 5.82 Å². The van der Waals surface area contributed by atoms with Crippen molar-refractivity contribution in [2.75, 3.05) is 19.1 Å². The first-order chi connectivity index (χ1) is 13.1. The van der Waals surface area contributed by atoms with Crippen molar-refractivity contribution in [2.24, 2.45) is 0 Å². The Balaban J connectivity index is 2.23. The van der Waals surface area contributed by atoms with E-state index in [0.29, 0.717) is 0 Å².